The van der Waals surface area contributed by atoms with E-state index in [1.807, 2.05) is 12.1 Å². The molecule has 6 heteroatoms. The summed E-state index contributed by atoms with van der Waals surface area (Å²) in [5.41, 5.74) is 7.67. The fourth-order valence-corrected chi connectivity index (χ4v) is 3.49. The first kappa shape index (κ1) is 17.6. The summed E-state index contributed by atoms with van der Waals surface area (Å²) in [6, 6.07) is 6.75. The lowest BCUT2D eigenvalue weighted by Crippen LogP contribution is -2.54. The van der Waals surface area contributed by atoms with Gasteiger partial charge in [-0.15, -0.1) is 0 Å². The molecule has 1 aromatic rings. The summed E-state index contributed by atoms with van der Waals surface area (Å²) in [5.74, 6) is -0.141. The lowest BCUT2D eigenvalue weighted by Gasteiger charge is -2.44. The maximum Gasteiger partial charge on any atom is 0.331 e. The highest BCUT2D eigenvalue weighted by atomic mass is 16.5. The number of hydrogen-bond donors (Lipinski definition) is 1. The molecule has 25 heavy (non-hydrogen) atoms. The minimum Gasteiger partial charge on any atom is -0.464 e. The summed E-state index contributed by atoms with van der Waals surface area (Å²) in [5, 5.41) is 0. The van der Waals surface area contributed by atoms with Crippen LogP contribution in [-0.4, -0.2) is 43.3 Å². The average molecular weight is 344 g/mol. The van der Waals surface area contributed by atoms with Gasteiger partial charge in [0.1, 0.15) is 5.78 Å². The lowest BCUT2D eigenvalue weighted by molar-refractivity contribution is -0.144. The fraction of sp³-hybridized carbons (Fsp3) is 0.526. The number of hydrogen-bond acceptors (Lipinski definition) is 6. The maximum absolute atomic E-state index is 12.4. The smallest absolute Gasteiger partial charge is 0.331 e. The third kappa shape index (κ3) is 3.58. The number of Topliss-reactive ketones (excluding diaryl/α,β-unsaturated/α-hetero) is 1. The van der Waals surface area contributed by atoms with E-state index in [9.17, 15) is 9.59 Å². The van der Waals surface area contributed by atoms with Gasteiger partial charge in [-0.1, -0.05) is 12.1 Å². The van der Waals surface area contributed by atoms with Crippen molar-refractivity contribution in [3.05, 3.63) is 29.8 Å². The van der Waals surface area contributed by atoms with E-state index < -0.39 is 11.5 Å². The van der Waals surface area contributed by atoms with E-state index in [1.165, 1.54) is 0 Å². The topological polar surface area (TPSA) is 91.0 Å². The number of carbonyl (C=O) groups excluding carboxylic acids is 2. The monoisotopic (exact) mass is 344 g/mol. The van der Waals surface area contributed by atoms with Crippen LogP contribution in [0.5, 0.6) is 0 Å². The fourth-order valence-electron chi connectivity index (χ4n) is 3.49. The normalized spacial score (nSPS) is 21.8. The molecule has 0 bridgehead atoms. The number of esters is 1. The largest absolute Gasteiger partial charge is 0.464 e. The first-order chi connectivity index (χ1) is 12.0. The summed E-state index contributed by atoms with van der Waals surface area (Å²) in [6.07, 6.45) is 2.07. The Labute approximate surface area is 147 Å². The first-order valence-corrected chi connectivity index (χ1v) is 8.74. The van der Waals surface area contributed by atoms with E-state index >= 15 is 0 Å². The number of nitrogens with zero attached hydrogens (tertiary/aromatic N) is 1. The molecule has 2 N–H and O–H groups in total. The van der Waals surface area contributed by atoms with Crippen molar-refractivity contribution in [3.63, 3.8) is 0 Å². The first-order valence-electron chi connectivity index (χ1n) is 8.74. The van der Waals surface area contributed by atoms with Crippen LogP contribution in [0.25, 0.3) is 0 Å². The van der Waals surface area contributed by atoms with Crippen molar-refractivity contribution < 1.29 is 19.1 Å². The van der Waals surface area contributed by atoms with Crippen molar-refractivity contribution in [3.8, 4) is 0 Å². The van der Waals surface area contributed by atoms with Gasteiger partial charge in [-0.25, -0.2) is 4.79 Å². The zero-order valence-corrected chi connectivity index (χ0v) is 14.5. The summed E-state index contributed by atoms with van der Waals surface area (Å²) in [4.78, 5) is 29.3. The molecule has 0 amide bonds. The highest BCUT2D eigenvalue weighted by Crippen LogP contribution is 2.43. The molecule has 1 unspecified atom stereocenters. The minimum atomic E-state index is -0.633. The lowest BCUT2D eigenvalue weighted by atomic mass is 9.61. The Morgan fingerprint density at radius 1 is 1.32 bits per heavy atom. The zero-order chi connectivity index (χ0) is 17.9. The quantitative estimate of drug-likeness (QED) is 0.651. The summed E-state index contributed by atoms with van der Waals surface area (Å²) >= 11 is 0. The molecule has 1 saturated carbocycles. The van der Waals surface area contributed by atoms with Gasteiger partial charge in [-0.05, 0) is 37.5 Å². The number of aliphatic imine (C=N–C) groups is 1. The molecular formula is C19H24N2O4. The molecule has 6 nitrogen and oxygen atoms in total. The Kier molecular flexibility index (Phi) is 5.18. The second-order valence-corrected chi connectivity index (χ2v) is 6.58. The van der Waals surface area contributed by atoms with Crippen molar-refractivity contribution >= 4 is 23.2 Å². The van der Waals surface area contributed by atoms with Gasteiger partial charge in [-0.2, -0.15) is 0 Å². The van der Waals surface area contributed by atoms with Crippen molar-refractivity contribution in [2.24, 2.45) is 10.4 Å². The molecule has 0 aromatic heterocycles. The van der Waals surface area contributed by atoms with Gasteiger partial charge < -0.3 is 15.2 Å². The maximum atomic E-state index is 12.4. The van der Waals surface area contributed by atoms with Crippen molar-refractivity contribution in [2.75, 3.05) is 25.6 Å². The van der Waals surface area contributed by atoms with Crippen LogP contribution in [-0.2, 0) is 25.5 Å². The molecule has 1 heterocycles. The number of carbonyl (C=O) groups is 2. The van der Waals surface area contributed by atoms with Crippen LogP contribution in [0.1, 0.15) is 31.7 Å². The third-order valence-electron chi connectivity index (χ3n) is 5.04. The highest BCUT2D eigenvalue weighted by Gasteiger charge is 2.52. The minimum absolute atomic E-state index is 0.213. The van der Waals surface area contributed by atoms with Gasteiger partial charge in [-0.3, -0.25) is 9.79 Å². The summed E-state index contributed by atoms with van der Waals surface area (Å²) in [7, 11) is 0. The highest BCUT2D eigenvalue weighted by molar-refractivity contribution is 6.27. The molecule has 134 valence electrons. The third-order valence-corrected chi connectivity index (χ3v) is 5.04. The Morgan fingerprint density at radius 2 is 2.00 bits per heavy atom. The molecule has 2 fully saturated rings. The van der Waals surface area contributed by atoms with Gasteiger partial charge >= 0.3 is 5.97 Å². The van der Waals surface area contributed by atoms with Crippen molar-refractivity contribution in [1.29, 1.82) is 0 Å². The Balaban J connectivity index is 1.83. The molecule has 3 rings (SSSR count). The molecule has 1 aromatic carbocycles. The standard InChI is InChI=1S/C19H24N2O4/c1-2-25-18(23)15(11-13-3-5-14(20)6-4-13)21-16-12-17(22)19(16)7-9-24-10-8-19/h3-6,15H,2,7-12,20H2,1H3. The molecule has 2 aliphatic rings. The van der Waals surface area contributed by atoms with Crippen LogP contribution in [0.2, 0.25) is 0 Å². The number of benzene rings is 1. The van der Waals surface area contributed by atoms with Gasteiger partial charge in [0, 0.05) is 37.5 Å². The molecule has 1 saturated heterocycles. The molecule has 1 spiro atoms. The van der Waals surface area contributed by atoms with E-state index in [4.69, 9.17) is 15.2 Å². The van der Waals surface area contributed by atoms with Gasteiger partial charge in [0.05, 0.1) is 12.0 Å². The molecule has 1 aliphatic heterocycles. The van der Waals surface area contributed by atoms with Gasteiger partial charge in [0.2, 0.25) is 0 Å². The zero-order valence-electron chi connectivity index (χ0n) is 14.5. The van der Waals surface area contributed by atoms with Crippen LogP contribution in [0, 0.1) is 5.41 Å². The van der Waals surface area contributed by atoms with Crippen LogP contribution in [0.15, 0.2) is 29.3 Å². The van der Waals surface area contributed by atoms with E-state index in [0.717, 1.165) is 11.3 Å². The Bertz CT molecular complexity index is 675. The van der Waals surface area contributed by atoms with Crippen molar-refractivity contribution in [2.45, 2.75) is 38.6 Å². The molecule has 1 aliphatic carbocycles. The second kappa shape index (κ2) is 7.35. The molecule has 1 atom stereocenters. The van der Waals surface area contributed by atoms with Crippen LogP contribution in [0.4, 0.5) is 5.69 Å². The summed E-state index contributed by atoms with van der Waals surface area (Å²) < 4.78 is 10.6. The van der Waals surface area contributed by atoms with E-state index in [0.29, 0.717) is 51.2 Å². The number of ether oxygens (including phenoxy) is 2. The number of nitrogens with two attached hydrogens (primary N) is 1. The summed E-state index contributed by atoms with van der Waals surface area (Å²) in [6.45, 7) is 3.21. The Morgan fingerprint density at radius 3 is 2.60 bits per heavy atom. The molecule has 0 radical (unpaired) electrons. The van der Waals surface area contributed by atoms with E-state index in [2.05, 4.69) is 4.99 Å². The van der Waals surface area contributed by atoms with Gasteiger partial charge in [0.15, 0.2) is 6.04 Å². The number of rotatable bonds is 5. The average Bonchev–Trinajstić information content (AvgIpc) is 2.63. The SMILES string of the molecule is CCOC(=O)C(Cc1ccc(N)cc1)N=C1CC(=O)C12CCOCC2. The molecular weight excluding hydrogens is 320 g/mol. The predicted molar refractivity (Wildman–Crippen MR) is 94.5 cm³/mol. The Hall–Kier alpha value is -2.21. The predicted octanol–water partition coefficient (Wildman–Crippen LogP) is 1.95. The van der Waals surface area contributed by atoms with Crippen LogP contribution in [0.3, 0.4) is 0 Å². The van der Waals surface area contributed by atoms with Crippen LogP contribution < -0.4 is 5.73 Å². The van der Waals surface area contributed by atoms with Crippen molar-refractivity contribution in [1.82, 2.24) is 0 Å². The van der Waals surface area contributed by atoms with E-state index in [1.54, 1.807) is 19.1 Å². The van der Waals surface area contributed by atoms with E-state index in [-0.39, 0.29) is 11.8 Å². The number of anilines is 1. The number of nitrogen functional groups attached to an aromatic ring is 1. The second-order valence-electron chi connectivity index (χ2n) is 6.58. The van der Waals surface area contributed by atoms with Crippen LogP contribution >= 0.6 is 0 Å². The van der Waals surface area contributed by atoms with Gasteiger partial charge in [0.25, 0.3) is 0 Å². The number of ketones is 1.